The second kappa shape index (κ2) is 7.40. The van der Waals surface area contributed by atoms with Crippen molar-refractivity contribution < 1.29 is 14.3 Å². The summed E-state index contributed by atoms with van der Waals surface area (Å²) in [7, 11) is 1.29. The van der Waals surface area contributed by atoms with Gasteiger partial charge in [0.25, 0.3) is 0 Å². The van der Waals surface area contributed by atoms with Crippen LogP contribution < -0.4 is 0 Å². The monoisotopic (exact) mass is 399 g/mol. The maximum absolute atomic E-state index is 13.0. The zero-order valence-electron chi connectivity index (χ0n) is 13.3. The van der Waals surface area contributed by atoms with Crippen LogP contribution in [0.3, 0.4) is 0 Å². The van der Waals surface area contributed by atoms with Gasteiger partial charge >= 0.3 is 5.97 Å². The van der Waals surface area contributed by atoms with Gasteiger partial charge in [0.05, 0.1) is 7.11 Å². The SMILES string of the molecule is COC(=O)Cn1nnc(-c2ccccc2)c1C(=O)c1ccc(Br)cc1. The summed E-state index contributed by atoms with van der Waals surface area (Å²) < 4.78 is 6.83. The number of carbonyl (C=O) groups is 2. The lowest BCUT2D eigenvalue weighted by Gasteiger charge is -2.07. The van der Waals surface area contributed by atoms with Gasteiger partial charge in [-0.15, -0.1) is 5.10 Å². The zero-order chi connectivity index (χ0) is 17.8. The van der Waals surface area contributed by atoms with Crippen molar-refractivity contribution >= 4 is 27.7 Å². The number of esters is 1. The number of rotatable bonds is 5. The van der Waals surface area contributed by atoms with Crippen molar-refractivity contribution in [2.45, 2.75) is 6.54 Å². The van der Waals surface area contributed by atoms with E-state index in [0.29, 0.717) is 11.3 Å². The summed E-state index contributed by atoms with van der Waals surface area (Å²) in [6.45, 7) is -0.187. The van der Waals surface area contributed by atoms with Crippen molar-refractivity contribution in [3.05, 3.63) is 70.3 Å². The molecular weight excluding hydrogens is 386 g/mol. The number of hydrogen-bond donors (Lipinski definition) is 0. The fraction of sp³-hybridized carbons (Fsp3) is 0.111. The maximum Gasteiger partial charge on any atom is 0.327 e. The number of hydrogen-bond acceptors (Lipinski definition) is 5. The Kier molecular flexibility index (Phi) is 5.04. The van der Waals surface area contributed by atoms with Gasteiger partial charge in [-0.05, 0) is 24.3 Å². The molecule has 3 aromatic rings. The lowest BCUT2D eigenvalue weighted by atomic mass is 10.0. The number of carbonyl (C=O) groups excluding carboxylic acids is 2. The summed E-state index contributed by atoms with van der Waals surface area (Å²) in [6, 6.07) is 16.2. The highest BCUT2D eigenvalue weighted by atomic mass is 79.9. The van der Waals surface area contributed by atoms with Crippen LogP contribution in [0.2, 0.25) is 0 Å². The molecule has 0 atom stereocenters. The smallest absolute Gasteiger partial charge is 0.327 e. The van der Waals surface area contributed by atoms with E-state index in [2.05, 4.69) is 31.0 Å². The van der Waals surface area contributed by atoms with Crippen LogP contribution >= 0.6 is 15.9 Å². The minimum absolute atomic E-state index is 0.187. The molecule has 3 rings (SSSR count). The van der Waals surface area contributed by atoms with Gasteiger partial charge < -0.3 is 4.74 Å². The molecule has 7 heteroatoms. The fourth-order valence-corrected chi connectivity index (χ4v) is 2.63. The summed E-state index contributed by atoms with van der Waals surface area (Å²) >= 11 is 3.35. The van der Waals surface area contributed by atoms with Gasteiger partial charge in [0.1, 0.15) is 17.9 Å². The van der Waals surface area contributed by atoms with Gasteiger partial charge in [-0.2, -0.15) is 0 Å². The van der Waals surface area contributed by atoms with Crippen LogP contribution in [0, 0.1) is 0 Å². The molecule has 0 saturated heterocycles. The lowest BCUT2D eigenvalue weighted by molar-refractivity contribution is -0.141. The van der Waals surface area contributed by atoms with Gasteiger partial charge in [-0.3, -0.25) is 9.59 Å². The second-order valence-corrected chi connectivity index (χ2v) is 6.14. The molecule has 126 valence electrons. The Labute approximate surface area is 152 Å². The second-order valence-electron chi connectivity index (χ2n) is 5.22. The Balaban J connectivity index is 2.10. The van der Waals surface area contributed by atoms with E-state index in [-0.39, 0.29) is 18.0 Å². The topological polar surface area (TPSA) is 74.1 Å². The van der Waals surface area contributed by atoms with Crippen LogP contribution in [0.25, 0.3) is 11.3 Å². The van der Waals surface area contributed by atoms with Crippen LogP contribution in [0.4, 0.5) is 0 Å². The molecule has 1 aromatic heterocycles. The molecule has 25 heavy (non-hydrogen) atoms. The van der Waals surface area contributed by atoms with E-state index in [0.717, 1.165) is 10.0 Å². The number of nitrogens with zero attached hydrogens (tertiary/aromatic N) is 3. The highest BCUT2D eigenvalue weighted by Gasteiger charge is 2.24. The van der Waals surface area contributed by atoms with Crippen molar-refractivity contribution in [3.63, 3.8) is 0 Å². The van der Waals surface area contributed by atoms with Crippen molar-refractivity contribution in [2.75, 3.05) is 7.11 Å². The van der Waals surface area contributed by atoms with E-state index >= 15 is 0 Å². The highest BCUT2D eigenvalue weighted by Crippen LogP contribution is 2.24. The minimum Gasteiger partial charge on any atom is -0.468 e. The Morgan fingerprint density at radius 1 is 1.08 bits per heavy atom. The van der Waals surface area contributed by atoms with Crippen LogP contribution in [0.15, 0.2) is 59.1 Å². The largest absolute Gasteiger partial charge is 0.468 e. The number of aromatic nitrogens is 3. The van der Waals surface area contributed by atoms with E-state index in [4.69, 9.17) is 0 Å². The van der Waals surface area contributed by atoms with Gasteiger partial charge in [-0.25, -0.2) is 4.68 Å². The number of halogens is 1. The van der Waals surface area contributed by atoms with E-state index in [9.17, 15) is 9.59 Å². The molecule has 0 bridgehead atoms. The molecule has 0 radical (unpaired) electrons. The Hall–Kier alpha value is -2.80. The molecule has 0 N–H and O–H groups in total. The van der Waals surface area contributed by atoms with E-state index in [1.54, 1.807) is 24.3 Å². The third-order valence-electron chi connectivity index (χ3n) is 3.61. The first-order valence-corrected chi connectivity index (χ1v) is 8.25. The quantitative estimate of drug-likeness (QED) is 0.486. The number of ether oxygens (including phenoxy) is 1. The summed E-state index contributed by atoms with van der Waals surface area (Å²) in [6.07, 6.45) is 0. The molecule has 0 aliphatic rings. The maximum atomic E-state index is 13.0. The standard InChI is InChI=1S/C18H14BrN3O3/c1-25-15(23)11-22-17(18(24)13-7-9-14(19)10-8-13)16(20-21-22)12-5-3-2-4-6-12/h2-10H,11H2,1H3. The molecule has 0 fully saturated rings. The first kappa shape index (κ1) is 17.0. The molecular formula is C18H14BrN3O3. The Morgan fingerprint density at radius 2 is 1.76 bits per heavy atom. The molecule has 1 heterocycles. The van der Waals surface area contributed by atoms with Crippen LogP contribution in [-0.4, -0.2) is 33.9 Å². The molecule has 0 unspecified atom stereocenters. The number of methoxy groups -OCH3 is 1. The predicted molar refractivity (Wildman–Crippen MR) is 95.0 cm³/mol. The van der Waals surface area contributed by atoms with E-state index < -0.39 is 5.97 Å². The summed E-state index contributed by atoms with van der Waals surface area (Å²) in [4.78, 5) is 24.7. The van der Waals surface area contributed by atoms with Crippen molar-refractivity contribution in [1.82, 2.24) is 15.0 Å². The van der Waals surface area contributed by atoms with Crippen molar-refractivity contribution in [3.8, 4) is 11.3 Å². The number of benzene rings is 2. The first-order valence-electron chi connectivity index (χ1n) is 7.46. The van der Waals surface area contributed by atoms with Gasteiger partial charge in [0.15, 0.2) is 0 Å². The molecule has 0 aliphatic carbocycles. The summed E-state index contributed by atoms with van der Waals surface area (Å²) in [5.41, 5.74) is 1.91. The predicted octanol–water partition coefficient (Wildman–Crippen LogP) is 3.11. The summed E-state index contributed by atoms with van der Waals surface area (Å²) in [5.74, 6) is -0.769. The summed E-state index contributed by atoms with van der Waals surface area (Å²) in [5, 5.41) is 8.09. The van der Waals surface area contributed by atoms with E-state index in [1.807, 2.05) is 30.3 Å². The van der Waals surface area contributed by atoms with Gasteiger partial charge in [0.2, 0.25) is 5.78 Å². The third-order valence-corrected chi connectivity index (χ3v) is 4.14. The van der Waals surface area contributed by atoms with Crippen LogP contribution in [0.5, 0.6) is 0 Å². The van der Waals surface area contributed by atoms with Gasteiger partial charge in [-0.1, -0.05) is 51.5 Å². The molecule has 2 aromatic carbocycles. The third kappa shape index (κ3) is 3.66. The highest BCUT2D eigenvalue weighted by molar-refractivity contribution is 9.10. The normalized spacial score (nSPS) is 10.5. The van der Waals surface area contributed by atoms with Crippen molar-refractivity contribution in [1.29, 1.82) is 0 Å². The van der Waals surface area contributed by atoms with Crippen LogP contribution in [-0.2, 0) is 16.1 Å². The molecule has 0 aliphatic heterocycles. The first-order chi connectivity index (χ1) is 12.1. The molecule has 0 saturated carbocycles. The van der Waals surface area contributed by atoms with E-state index in [1.165, 1.54) is 11.8 Å². The van der Waals surface area contributed by atoms with Gasteiger partial charge in [0, 0.05) is 15.6 Å². The van der Waals surface area contributed by atoms with Crippen molar-refractivity contribution in [2.24, 2.45) is 0 Å². The Bertz CT molecular complexity index is 905. The lowest BCUT2D eigenvalue weighted by Crippen LogP contribution is -2.18. The Morgan fingerprint density at radius 3 is 2.40 bits per heavy atom. The average molecular weight is 400 g/mol. The minimum atomic E-state index is -0.505. The molecule has 6 nitrogen and oxygen atoms in total. The zero-order valence-corrected chi connectivity index (χ0v) is 14.9. The van der Waals surface area contributed by atoms with Crippen LogP contribution in [0.1, 0.15) is 16.1 Å². The molecule has 0 amide bonds. The number of ketones is 1. The average Bonchev–Trinajstić information content (AvgIpc) is 3.05. The fourth-order valence-electron chi connectivity index (χ4n) is 2.36. The molecule has 0 spiro atoms.